The number of benzene rings is 2. The van der Waals surface area contributed by atoms with E-state index in [1.54, 1.807) is 7.11 Å². The molecule has 1 fully saturated rings. The van der Waals surface area contributed by atoms with E-state index in [4.69, 9.17) is 9.26 Å². The Morgan fingerprint density at radius 3 is 2.83 bits per heavy atom. The number of hydrogen-bond donors (Lipinski definition) is 0. The molecule has 156 valence electrons. The van der Waals surface area contributed by atoms with Crippen molar-refractivity contribution in [2.75, 3.05) is 20.2 Å². The Bertz CT molecular complexity index is 986. The minimum absolute atomic E-state index is 0.0582. The van der Waals surface area contributed by atoms with Gasteiger partial charge in [0.1, 0.15) is 5.75 Å². The zero-order valence-corrected chi connectivity index (χ0v) is 17.5. The predicted octanol–water partition coefficient (Wildman–Crippen LogP) is 4.65. The maximum atomic E-state index is 13.2. The van der Waals surface area contributed by atoms with E-state index in [0.29, 0.717) is 18.3 Å². The summed E-state index contributed by atoms with van der Waals surface area (Å²) in [5.41, 5.74) is 1.92. The van der Waals surface area contributed by atoms with E-state index < -0.39 is 0 Å². The van der Waals surface area contributed by atoms with Crippen LogP contribution in [-0.4, -0.2) is 41.1 Å². The van der Waals surface area contributed by atoms with Crippen LogP contribution in [0.5, 0.6) is 5.75 Å². The molecule has 1 aliphatic rings. The number of hydrogen-bond acceptors (Lipinski definition) is 5. The molecule has 0 saturated carbocycles. The highest BCUT2D eigenvalue weighted by atomic mass is 16.5. The van der Waals surface area contributed by atoms with Gasteiger partial charge < -0.3 is 14.2 Å². The Hall–Kier alpha value is -3.15. The summed E-state index contributed by atoms with van der Waals surface area (Å²) < 4.78 is 10.9. The predicted molar refractivity (Wildman–Crippen MR) is 114 cm³/mol. The fourth-order valence-corrected chi connectivity index (χ4v) is 4.12. The maximum Gasteiger partial charge on any atom is 0.231 e. The Balaban J connectivity index is 1.49. The molecule has 0 N–H and O–H groups in total. The monoisotopic (exact) mass is 405 g/mol. The summed E-state index contributed by atoms with van der Waals surface area (Å²) in [6.45, 7) is 3.45. The van der Waals surface area contributed by atoms with Crippen LogP contribution >= 0.6 is 0 Å². The van der Waals surface area contributed by atoms with Gasteiger partial charge in [-0.15, -0.1) is 0 Å². The minimum Gasteiger partial charge on any atom is -0.497 e. The van der Waals surface area contributed by atoms with Gasteiger partial charge in [0.2, 0.25) is 17.6 Å². The number of ether oxygens (including phenoxy) is 1. The Morgan fingerprint density at radius 1 is 1.23 bits per heavy atom. The van der Waals surface area contributed by atoms with Crippen molar-refractivity contribution in [3.05, 3.63) is 66.1 Å². The van der Waals surface area contributed by atoms with E-state index in [2.05, 4.69) is 17.1 Å². The second-order valence-corrected chi connectivity index (χ2v) is 7.68. The van der Waals surface area contributed by atoms with Gasteiger partial charge in [0, 0.05) is 18.7 Å². The van der Waals surface area contributed by atoms with Crippen molar-refractivity contribution in [3.63, 3.8) is 0 Å². The van der Waals surface area contributed by atoms with Gasteiger partial charge in [-0.05, 0) is 37.0 Å². The van der Waals surface area contributed by atoms with Gasteiger partial charge in [0.25, 0.3) is 0 Å². The zero-order valence-electron chi connectivity index (χ0n) is 17.5. The molecule has 0 aliphatic carbocycles. The van der Waals surface area contributed by atoms with Crippen molar-refractivity contribution < 1.29 is 14.1 Å². The summed E-state index contributed by atoms with van der Waals surface area (Å²) >= 11 is 0. The number of carbonyl (C=O) groups is 1. The molecule has 2 atom stereocenters. The lowest BCUT2D eigenvalue weighted by Gasteiger charge is -2.33. The normalized spacial score (nSPS) is 17.5. The lowest BCUT2D eigenvalue weighted by Crippen LogP contribution is -2.41. The van der Waals surface area contributed by atoms with E-state index >= 15 is 0 Å². The number of nitrogens with zero attached hydrogens (tertiary/aromatic N) is 3. The van der Waals surface area contributed by atoms with Crippen molar-refractivity contribution >= 4 is 5.91 Å². The molecule has 0 spiro atoms. The molecular formula is C24H27N3O3. The van der Waals surface area contributed by atoms with Gasteiger partial charge in [0.15, 0.2) is 0 Å². The number of likely N-dealkylation sites (tertiary alicyclic amines) is 1. The van der Waals surface area contributed by atoms with Gasteiger partial charge in [0.05, 0.1) is 18.9 Å². The maximum absolute atomic E-state index is 13.2. The van der Waals surface area contributed by atoms with Crippen LogP contribution in [0, 0.1) is 0 Å². The van der Waals surface area contributed by atoms with Crippen LogP contribution in [0.15, 0.2) is 59.1 Å². The summed E-state index contributed by atoms with van der Waals surface area (Å²) in [4.78, 5) is 19.8. The largest absolute Gasteiger partial charge is 0.497 e. The van der Waals surface area contributed by atoms with Crippen molar-refractivity contribution in [2.45, 2.75) is 38.0 Å². The number of rotatable bonds is 6. The van der Waals surface area contributed by atoms with Gasteiger partial charge in [-0.3, -0.25) is 4.79 Å². The summed E-state index contributed by atoms with van der Waals surface area (Å²) in [5, 5.41) is 4.16. The molecule has 1 aliphatic heterocycles. The van der Waals surface area contributed by atoms with Crippen LogP contribution in [-0.2, 0) is 4.79 Å². The molecule has 3 aromatic rings. The van der Waals surface area contributed by atoms with Crippen LogP contribution in [0.3, 0.4) is 0 Å². The Labute approximate surface area is 176 Å². The highest BCUT2D eigenvalue weighted by molar-refractivity contribution is 5.83. The summed E-state index contributed by atoms with van der Waals surface area (Å²) in [6.07, 6.45) is 2.65. The summed E-state index contributed by atoms with van der Waals surface area (Å²) in [5.74, 6) is 2.02. The molecule has 6 heteroatoms. The van der Waals surface area contributed by atoms with Gasteiger partial charge in [-0.25, -0.2) is 0 Å². The summed E-state index contributed by atoms with van der Waals surface area (Å²) in [7, 11) is 1.63. The molecule has 30 heavy (non-hydrogen) atoms. The summed E-state index contributed by atoms with van der Waals surface area (Å²) in [6, 6.07) is 17.6. The van der Waals surface area contributed by atoms with Crippen molar-refractivity contribution in [1.29, 1.82) is 0 Å². The van der Waals surface area contributed by atoms with Crippen LogP contribution in [0.25, 0.3) is 11.4 Å². The SMILES string of the molecule is CCC(C(=O)N1CCCC(c2nc(-c3cccc(OC)c3)no2)C1)c1ccccc1. The quantitative estimate of drug-likeness (QED) is 0.597. The number of amides is 1. The fraction of sp³-hybridized carbons (Fsp3) is 0.375. The zero-order chi connectivity index (χ0) is 20.9. The van der Waals surface area contributed by atoms with E-state index in [9.17, 15) is 4.79 Å². The Morgan fingerprint density at radius 2 is 2.07 bits per heavy atom. The molecule has 0 bridgehead atoms. The first kappa shape index (κ1) is 20.1. The fourth-order valence-electron chi connectivity index (χ4n) is 4.12. The van der Waals surface area contributed by atoms with Gasteiger partial charge in [-0.1, -0.05) is 54.5 Å². The second-order valence-electron chi connectivity index (χ2n) is 7.68. The molecule has 2 aromatic carbocycles. The smallest absolute Gasteiger partial charge is 0.231 e. The molecule has 1 saturated heterocycles. The third kappa shape index (κ3) is 4.22. The van der Waals surface area contributed by atoms with Crippen LogP contribution < -0.4 is 4.74 Å². The molecule has 0 radical (unpaired) electrons. The first-order chi connectivity index (χ1) is 14.7. The number of aromatic nitrogens is 2. The van der Waals surface area contributed by atoms with Crippen LogP contribution in [0.1, 0.15) is 49.5 Å². The van der Waals surface area contributed by atoms with E-state index in [-0.39, 0.29) is 17.7 Å². The average Bonchev–Trinajstić information content (AvgIpc) is 3.31. The lowest BCUT2D eigenvalue weighted by molar-refractivity contribution is -0.134. The van der Waals surface area contributed by atoms with Crippen LogP contribution in [0.4, 0.5) is 0 Å². The number of methoxy groups -OCH3 is 1. The topological polar surface area (TPSA) is 68.5 Å². The molecule has 2 heterocycles. The Kier molecular flexibility index (Phi) is 6.12. The minimum atomic E-state index is -0.111. The first-order valence-corrected chi connectivity index (χ1v) is 10.5. The van der Waals surface area contributed by atoms with Crippen molar-refractivity contribution in [1.82, 2.24) is 15.0 Å². The van der Waals surface area contributed by atoms with Gasteiger partial charge >= 0.3 is 0 Å². The standard InChI is InChI=1S/C24H27N3O3/c1-3-21(17-9-5-4-6-10-17)24(28)27-14-8-12-19(16-27)23-25-22(26-30-23)18-11-7-13-20(15-18)29-2/h4-7,9-11,13,15,19,21H,3,8,12,14,16H2,1-2H3. The number of piperidine rings is 1. The van der Waals surface area contributed by atoms with E-state index in [1.165, 1.54) is 0 Å². The van der Waals surface area contributed by atoms with Gasteiger partial charge in [-0.2, -0.15) is 4.98 Å². The van der Waals surface area contributed by atoms with E-state index in [0.717, 1.165) is 42.7 Å². The molecular weight excluding hydrogens is 378 g/mol. The third-order valence-electron chi connectivity index (χ3n) is 5.76. The molecule has 1 amide bonds. The molecule has 4 rings (SSSR count). The van der Waals surface area contributed by atoms with Crippen molar-refractivity contribution in [2.24, 2.45) is 0 Å². The molecule has 2 unspecified atom stereocenters. The third-order valence-corrected chi connectivity index (χ3v) is 5.76. The number of carbonyl (C=O) groups excluding carboxylic acids is 1. The average molecular weight is 405 g/mol. The van der Waals surface area contributed by atoms with Crippen molar-refractivity contribution in [3.8, 4) is 17.1 Å². The highest BCUT2D eigenvalue weighted by Gasteiger charge is 2.32. The second kappa shape index (κ2) is 9.11. The van der Waals surface area contributed by atoms with E-state index in [1.807, 2.05) is 59.5 Å². The highest BCUT2D eigenvalue weighted by Crippen LogP contribution is 2.31. The van der Waals surface area contributed by atoms with Crippen LogP contribution in [0.2, 0.25) is 0 Å². The molecule has 6 nitrogen and oxygen atoms in total. The first-order valence-electron chi connectivity index (χ1n) is 10.5. The lowest BCUT2D eigenvalue weighted by atomic mass is 9.92. The molecule has 1 aromatic heterocycles.